The minimum Gasteiger partial charge on any atom is -0.508 e. The monoisotopic (exact) mass is 287 g/mol. The third-order valence-electron chi connectivity index (χ3n) is 4.24. The number of aromatic hydroxyl groups is 1. The maximum atomic E-state index is 9.92. The molecule has 1 heterocycles. The van der Waals surface area contributed by atoms with Gasteiger partial charge in [0.15, 0.2) is 0 Å². The number of hydrogen-bond donors (Lipinski definition) is 2. The summed E-state index contributed by atoms with van der Waals surface area (Å²) in [6.45, 7) is 6.59. The standard InChI is InChI=1S/C17H21NOS/c1-10-9-15(12(3)20-10)11(2)18-16-8-7-14-13(16)5-4-6-17(14)19/h4-6,9,11,16,18-19H,7-8H2,1-3H3. The number of hydrogen-bond acceptors (Lipinski definition) is 3. The molecule has 0 spiro atoms. The zero-order valence-electron chi connectivity index (χ0n) is 12.2. The second-order valence-corrected chi connectivity index (χ2v) is 7.15. The molecule has 1 aliphatic carbocycles. The Labute approximate surface area is 124 Å². The zero-order chi connectivity index (χ0) is 14.3. The van der Waals surface area contributed by atoms with Crippen LogP contribution >= 0.6 is 11.3 Å². The van der Waals surface area contributed by atoms with E-state index in [1.807, 2.05) is 17.4 Å². The molecule has 0 bridgehead atoms. The molecule has 0 amide bonds. The molecule has 2 N–H and O–H groups in total. The van der Waals surface area contributed by atoms with Gasteiger partial charge in [-0.15, -0.1) is 11.3 Å². The van der Waals surface area contributed by atoms with Gasteiger partial charge in [-0.1, -0.05) is 12.1 Å². The van der Waals surface area contributed by atoms with Gasteiger partial charge in [-0.25, -0.2) is 0 Å². The van der Waals surface area contributed by atoms with Crippen molar-refractivity contribution in [2.75, 3.05) is 0 Å². The molecule has 3 heteroatoms. The smallest absolute Gasteiger partial charge is 0.119 e. The van der Waals surface area contributed by atoms with Crippen molar-refractivity contribution >= 4 is 11.3 Å². The average molecular weight is 287 g/mol. The molecule has 2 aromatic rings. The van der Waals surface area contributed by atoms with Crippen LogP contribution in [0, 0.1) is 13.8 Å². The molecule has 0 fully saturated rings. The predicted octanol–water partition coefficient (Wildman–Crippen LogP) is 4.41. The Morgan fingerprint density at radius 2 is 2.15 bits per heavy atom. The van der Waals surface area contributed by atoms with Gasteiger partial charge in [0.05, 0.1) is 0 Å². The SMILES string of the molecule is Cc1cc(C(C)NC2CCc3c(O)cccc32)c(C)s1. The number of thiophene rings is 1. The number of fused-ring (bicyclic) bond motifs is 1. The Morgan fingerprint density at radius 1 is 1.35 bits per heavy atom. The lowest BCUT2D eigenvalue weighted by Crippen LogP contribution is -2.23. The summed E-state index contributed by atoms with van der Waals surface area (Å²) in [6.07, 6.45) is 2.04. The van der Waals surface area contributed by atoms with Crippen LogP contribution in [0.3, 0.4) is 0 Å². The number of phenols is 1. The largest absolute Gasteiger partial charge is 0.508 e. The highest BCUT2D eigenvalue weighted by Crippen LogP contribution is 2.38. The van der Waals surface area contributed by atoms with Gasteiger partial charge in [0.1, 0.15) is 5.75 Å². The summed E-state index contributed by atoms with van der Waals surface area (Å²) in [5, 5.41) is 13.6. The van der Waals surface area contributed by atoms with E-state index in [0.717, 1.165) is 18.4 Å². The van der Waals surface area contributed by atoms with Crippen molar-refractivity contribution in [1.82, 2.24) is 5.32 Å². The molecule has 0 radical (unpaired) electrons. The van der Waals surface area contributed by atoms with Crippen LogP contribution in [-0.2, 0) is 6.42 Å². The van der Waals surface area contributed by atoms with Crippen LogP contribution in [0.4, 0.5) is 0 Å². The lowest BCUT2D eigenvalue weighted by atomic mass is 10.0. The number of rotatable bonds is 3. The Morgan fingerprint density at radius 3 is 2.85 bits per heavy atom. The van der Waals surface area contributed by atoms with Crippen LogP contribution in [0.5, 0.6) is 5.75 Å². The van der Waals surface area contributed by atoms with Crippen LogP contribution in [0.25, 0.3) is 0 Å². The fourth-order valence-electron chi connectivity index (χ4n) is 3.28. The van der Waals surface area contributed by atoms with Gasteiger partial charge in [-0.05, 0) is 62.4 Å². The number of nitrogens with one attached hydrogen (secondary N) is 1. The van der Waals surface area contributed by atoms with Crippen molar-refractivity contribution < 1.29 is 5.11 Å². The van der Waals surface area contributed by atoms with Crippen molar-refractivity contribution in [3.63, 3.8) is 0 Å². The van der Waals surface area contributed by atoms with Crippen LogP contribution in [0.1, 0.15) is 51.9 Å². The Hall–Kier alpha value is -1.32. The van der Waals surface area contributed by atoms with Gasteiger partial charge in [-0.2, -0.15) is 0 Å². The van der Waals surface area contributed by atoms with Crippen LogP contribution in [0.15, 0.2) is 24.3 Å². The van der Waals surface area contributed by atoms with Gasteiger partial charge in [-0.3, -0.25) is 0 Å². The average Bonchev–Trinajstić information content (AvgIpc) is 2.94. The minimum atomic E-state index is 0.346. The molecule has 1 aromatic heterocycles. The van der Waals surface area contributed by atoms with Gasteiger partial charge in [0.25, 0.3) is 0 Å². The zero-order valence-corrected chi connectivity index (χ0v) is 13.1. The van der Waals surface area contributed by atoms with Gasteiger partial charge in [0.2, 0.25) is 0 Å². The molecule has 2 nitrogen and oxygen atoms in total. The molecule has 2 atom stereocenters. The quantitative estimate of drug-likeness (QED) is 0.876. The number of benzene rings is 1. The summed E-state index contributed by atoms with van der Waals surface area (Å²) in [7, 11) is 0. The van der Waals surface area contributed by atoms with Gasteiger partial charge >= 0.3 is 0 Å². The Kier molecular flexibility index (Phi) is 3.57. The highest BCUT2D eigenvalue weighted by Gasteiger charge is 2.26. The topological polar surface area (TPSA) is 32.3 Å². The molecule has 1 aromatic carbocycles. The van der Waals surface area contributed by atoms with E-state index in [1.54, 1.807) is 6.07 Å². The van der Waals surface area contributed by atoms with Crippen LogP contribution in [0.2, 0.25) is 0 Å². The molecule has 0 aliphatic heterocycles. The first-order valence-corrected chi connectivity index (χ1v) is 8.01. The van der Waals surface area contributed by atoms with E-state index in [-0.39, 0.29) is 0 Å². The van der Waals surface area contributed by atoms with E-state index >= 15 is 0 Å². The van der Waals surface area contributed by atoms with Gasteiger partial charge < -0.3 is 10.4 Å². The minimum absolute atomic E-state index is 0.346. The van der Waals surface area contributed by atoms with Crippen LogP contribution in [-0.4, -0.2) is 5.11 Å². The first kappa shape index (κ1) is 13.7. The summed E-state index contributed by atoms with van der Waals surface area (Å²) in [6, 6.07) is 8.86. The fourth-order valence-corrected chi connectivity index (χ4v) is 4.30. The number of phenolic OH excluding ortho intramolecular Hbond substituents is 1. The van der Waals surface area contributed by atoms with Crippen molar-refractivity contribution in [2.45, 2.75) is 45.7 Å². The maximum absolute atomic E-state index is 9.92. The maximum Gasteiger partial charge on any atom is 0.119 e. The molecule has 20 heavy (non-hydrogen) atoms. The van der Waals surface area contributed by atoms with Gasteiger partial charge in [0, 0.05) is 21.8 Å². The predicted molar refractivity (Wildman–Crippen MR) is 84.5 cm³/mol. The van der Waals surface area contributed by atoms with Crippen molar-refractivity contribution in [3.05, 3.63) is 50.7 Å². The van der Waals surface area contributed by atoms with Crippen LogP contribution < -0.4 is 5.32 Å². The Bertz CT molecular complexity index is 632. The molecule has 0 saturated heterocycles. The van der Waals surface area contributed by atoms with E-state index in [2.05, 4.69) is 38.2 Å². The molecular weight excluding hydrogens is 266 g/mol. The van der Waals surface area contributed by atoms with E-state index in [9.17, 15) is 5.11 Å². The third-order valence-corrected chi connectivity index (χ3v) is 5.22. The first-order valence-electron chi connectivity index (χ1n) is 7.20. The molecule has 1 aliphatic rings. The van der Waals surface area contributed by atoms with E-state index < -0.39 is 0 Å². The summed E-state index contributed by atoms with van der Waals surface area (Å²) >= 11 is 1.86. The van der Waals surface area contributed by atoms with Crippen molar-refractivity contribution in [1.29, 1.82) is 0 Å². The molecular formula is C17H21NOS. The summed E-state index contributed by atoms with van der Waals surface area (Å²) in [4.78, 5) is 2.77. The molecule has 106 valence electrons. The third kappa shape index (κ3) is 2.36. The summed E-state index contributed by atoms with van der Waals surface area (Å²) in [5.74, 6) is 0.446. The highest BCUT2D eigenvalue weighted by molar-refractivity contribution is 7.12. The molecule has 3 rings (SSSR count). The van der Waals surface area contributed by atoms with Crippen molar-refractivity contribution in [3.8, 4) is 5.75 Å². The number of aryl methyl sites for hydroxylation is 2. The summed E-state index contributed by atoms with van der Waals surface area (Å²) < 4.78 is 0. The van der Waals surface area contributed by atoms with Crippen molar-refractivity contribution in [2.24, 2.45) is 0 Å². The lowest BCUT2D eigenvalue weighted by molar-refractivity contribution is 0.464. The molecule has 0 saturated carbocycles. The van der Waals surface area contributed by atoms with E-state index in [1.165, 1.54) is 20.9 Å². The second-order valence-electron chi connectivity index (χ2n) is 5.69. The normalized spacial score (nSPS) is 19.1. The Balaban J connectivity index is 1.81. The highest BCUT2D eigenvalue weighted by atomic mass is 32.1. The molecule has 2 unspecified atom stereocenters. The van der Waals surface area contributed by atoms with E-state index in [0.29, 0.717) is 17.8 Å². The first-order chi connectivity index (χ1) is 9.56. The second kappa shape index (κ2) is 5.23. The summed E-state index contributed by atoms with van der Waals surface area (Å²) in [5.41, 5.74) is 3.79. The lowest BCUT2D eigenvalue weighted by Gasteiger charge is -2.20. The van der Waals surface area contributed by atoms with E-state index in [4.69, 9.17) is 0 Å². The fraction of sp³-hybridized carbons (Fsp3) is 0.412.